The summed E-state index contributed by atoms with van der Waals surface area (Å²) in [5.41, 5.74) is 1.70. The number of sulfonamides is 1. The number of nitrogens with one attached hydrogen (secondary N) is 1. The minimum Gasteiger partial charge on any atom is -0.478 e. The van der Waals surface area contributed by atoms with E-state index in [9.17, 15) is 31.5 Å². The van der Waals surface area contributed by atoms with Gasteiger partial charge in [-0.1, -0.05) is 54.1 Å². The number of alkyl halides is 3. The van der Waals surface area contributed by atoms with Crippen LogP contribution in [0.1, 0.15) is 22.8 Å². The highest BCUT2D eigenvalue weighted by atomic mass is 35.5. The van der Waals surface area contributed by atoms with Gasteiger partial charge in [0, 0.05) is 18.8 Å². The van der Waals surface area contributed by atoms with E-state index in [2.05, 4.69) is 4.72 Å². The molecule has 0 aliphatic heterocycles. The zero-order chi connectivity index (χ0) is 27.8. The number of aliphatic carboxylic acids is 1. The molecular weight excluding hydrogens is 537 g/mol. The number of aromatic carboxylic acids is 1. The van der Waals surface area contributed by atoms with Crippen molar-refractivity contribution in [1.82, 2.24) is 0 Å². The molecule has 198 valence electrons. The Labute approximate surface area is 216 Å². The van der Waals surface area contributed by atoms with E-state index < -0.39 is 28.1 Å². The summed E-state index contributed by atoms with van der Waals surface area (Å²) in [7, 11) is -3.96. The van der Waals surface area contributed by atoms with E-state index in [-0.39, 0.29) is 21.2 Å². The third-order valence-corrected chi connectivity index (χ3v) is 6.67. The first kappa shape index (κ1) is 29.5. The maximum Gasteiger partial charge on any atom is 0.490 e. The Morgan fingerprint density at radius 1 is 0.973 bits per heavy atom. The van der Waals surface area contributed by atoms with Crippen LogP contribution >= 0.6 is 11.6 Å². The molecule has 0 aromatic heterocycles. The maximum absolute atomic E-state index is 12.7. The van der Waals surface area contributed by atoms with Crippen LogP contribution in [-0.2, 0) is 21.4 Å². The van der Waals surface area contributed by atoms with Gasteiger partial charge < -0.3 is 15.1 Å². The van der Waals surface area contributed by atoms with E-state index >= 15 is 0 Å². The molecule has 0 radical (unpaired) electrons. The SMILES string of the molecule is CCN(Cc1ccccc1)c1ccc(NS(=O)(=O)c2ccccc2Cl)cc1C(=O)O.O=C(O)C(F)(F)F. The third-order valence-electron chi connectivity index (χ3n) is 4.79. The third kappa shape index (κ3) is 8.40. The van der Waals surface area contributed by atoms with Crippen molar-refractivity contribution in [3.63, 3.8) is 0 Å². The van der Waals surface area contributed by atoms with Gasteiger partial charge in [0.25, 0.3) is 10.0 Å². The molecule has 3 aromatic rings. The molecular formula is C24H22ClF3N2O6S. The predicted octanol–water partition coefficient (Wildman–Crippen LogP) is 5.50. The predicted molar refractivity (Wildman–Crippen MR) is 133 cm³/mol. The lowest BCUT2D eigenvalue weighted by Gasteiger charge is -2.25. The normalized spacial score (nSPS) is 11.2. The van der Waals surface area contributed by atoms with Gasteiger partial charge >= 0.3 is 18.1 Å². The van der Waals surface area contributed by atoms with Crippen molar-refractivity contribution in [3.8, 4) is 0 Å². The van der Waals surface area contributed by atoms with E-state index in [1.165, 1.54) is 18.2 Å². The summed E-state index contributed by atoms with van der Waals surface area (Å²) in [6.45, 7) is 3.05. The van der Waals surface area contributed by atoms with Crippen LogP contribution < -0.4 is 9.62 Å². The lowest BCUT2D eigenvalue weighted by atomic mass is 10.1. The highest BCUT2D eigenvalue weighted by Crippen LogP contribution is 2.29. The first-order valence-electron chi connectivity index (χ1n) is 10.5. The molecule has 0 spiro atoms. The van der Waals surface area contributed by atoms with Crippen molar-refractivity contribution in [2.75, 3.05) is 16.2 Å². The van der Waals surface area contributed by atoms with Gasteiger partial charge in [0.1, 0.15) is 4.90 Å². The summed E-state index contributed by atoms with van der Waals surface area (Å²) in [5.74, 6) is -3.90. The second-order valence-electron chi connectivity index (χ2n) is 7.38. The number of halogens is 4. The van der Waals surface area contributed by atoms with E-state index in [1.54, 1.807) is 24.3 Å². The van der Waals surface area contributed by atoms with Gasteiger partial charge in [-0.05, 0) is 42.8 Å². The number of hydrogen-bond acceptors (Lipinski definition) is 5. The van der Waals surface area contributed by atoms with E-state index in [0.29, 0.717) is 18.8 Å². The van der Waals surface area contributed by atoms with Crippen molar-refractivity contribution in [3.05, 3.63) is 88.9 Å². The summed E-state index contributed by atoms with van der Waals surface area (Å²) in [6.07, 6.45) is -5.08. The number of carboxylic acid groups (broad SMARTS) is 2. The summed E-state index contributed by atoms with van der Waals surface area (Å²) in [4.78, 5) is 22.7. The first-order valence-corrected chi connectivity index (χ1v) is 12.4. The van der Waals surface area contributed by atoms with Gasteiger partial charge in [0.15, 0.2) is 0 Å². The molecule has 0 aliphatic carbocycles. The molecule has 0 bridgehead atoms. The number of carbonyl (C=O) groups is 2. The quantitative estimate of drug-likeness (QED) is 0.333. The Hall–Kier alpha value is -3.77. The molecule has 0 saturated heterocycles. The number of rotatable bonds is 8. The summed E-state index contributed by atoms with van der Waals surface area (Å²) in [6, 6.07) is 20.2. The fraction of sp³-hybridized carbons (Fsp3) is 0.167. The minimum absolute atomic E-state index is 0.00661. The van der Waals surface area contributed by atoms with Gasteiger partial charge in [-0.25, -0.2) is 18.0 Å². The monoisotopic (exact) mass is 558 g/mol. The van der Waals surface area contributed by atoms with Crippen LogP contribution in [-0.4, -0.2) is 43.3 Å². The zero-order valence-corrected chi connectivity index (χ0v) is 20.8. The van der Waals surface area contributed by atoms with Gasteiger partial charge in [-0.3, -0.25) is 4.72 Å². The lowest BCUT2D eigenvalue weighted by Crippen LogP contribution is -2.24. The van der Waals surface area contributed by atoms with Crippen LogP contribution in [0.2, 0.25) is 5.02 Å². The van der Waals surface area contributed by atoms with Crippen molar-refractivity contribution in [1.29, 1.82) is 0 Å². The fourth-order valence-electron chi connectivity index (χ4n) is 3.09. The Bertz CT molecular complexity index is 1350. The number of anilines is 2. The molecule has 13 heteroatoms. The molecule has 3 aromatic carbocycles. The van der Waals surface area contributed by atoms with Gasteiger partial charge in [-0.2, -0.15) is 13.2 Å². The number of carboxylic acids is 2. The lowest BCUT2D eigenvalue weighted by molar-refractivity contribution is -0.192. The first-order chi connectivity index (χ1) is 17.3. The topological polar surface area (TPSA) is 124 Å². The zero-order valence-electron chi connectivity index (χ0n) is 19.2. The van der Waals surface area contributed by atoms with Crippen LogP contribution in [0.15, 0.2) is 77.7 Å². The Morgan fingerprint density at radius 3 is 2.05 bits per heavy atom. The molecule has 37 heavy (non-hydrogen) atoms. The molecule has 3 rings (SSSR count). The van der Waals surface area contributed by atoms with Crippen LogP contribution in [0.4, 0.5) is 24.5 Å². The summed E-state index contributed by atoms with van der Waals surface area (Å²) < 4.78 is 59.5. The van der Waals surface area contributed by atoms with Gasteiger partial charge in [-0.15, -0.1) is 0 Å². The summed E-state index contributed by atoms with van der Waals surface area (Å²) >= 11 is 6.00. The number of nitrogens with zero attached hydrogens (tertiary/aromatic N) is 1. The fourth-order valence-corrected chi connectivity index (χ4v) is 4.66. The molecule has 0 unspecified atom stereocenters. The molecule has 0 amide bonds. The Balaban J connectivity index is 0.000000604. The molecule has 0 aliphatic rings. The van der Waals surface area contributed by atoms with Crippen LogP contribution in [0.3, 0.4) is 0 Å². The van der Waals surface area contributed by atoms with Crippen LogP contribution in [0, 0.1) is 0 Å². The second-order valence-corrected chi connectivity index (χ2v) is 9.43. The minimum atomic E-state index is -5.08. The van der Waals surface area contributed by atoms with Crippen LogP contribution in [0.5, 0.6) is 0 Å². The molecule has 3 N–H and O–H groups in total. The molecule has 0 saturated carbocycles. The van der Waals surface area contributed by atoms with Crippen molar-refractivity contribution >= 4 is 44.9 Å². The summed E-state index contributed by atoms with van der Waals surface area (Å²) in [5, 5.41) is 16.9. The molecule has 0 fully saturated rings. The maximum atomic E-state index is 12.7. The highest BCUT2D eigenvalue weighted by molar-refractivity contribution is 7.92. The van der Waals surface area contributed by atoms with Gasteiger partial charge in [0.05, 0.1) is 16.3 Å². The van der Waals surface area contributed by atoms with E-state index in [4.69, 9.17) is 21.5 Å². The number of benzene rings is 3. The molecule has 8 nitrogen and oxygen atoms in total. The van der Waals surface area contributed by atoms with E-state index in [0.717, 1.165) is 5.56 Å². The Morgan fingerprint density at radius 2 is 1.54 bits per heavy atom. The second kappa shape index (κ2) is 12.5. The average molecular weight is 559 g/mol. The Kier molecular flexibility index (Phi) is 9.92. The van der Waals surface area contributed by atoms with E-state index in [1.807, 2.05) is 42.2 Å². The molecule has 0 atom stereocenters. The van der Waals surface area contributed by atoms with Crippen molar-refractivity contribution in [2.24, 2.45) is 0 Å². The largest absolute Gasteiger partial charge is 0.490 e. The van der Waals surface area contributed by atoms with Gasteiger partial charge in [0.2, 0.25) is 0 Å². The smallest absolute Gasteiger partial charge is 0.478 e. The van der Waals surface area contributed by atoms with Crippen LogP contribution in [0.25, 0.3) is 0 Å². The van der Waals surface area contributed by atoms with Crippen molar-refractivity contribution in [2.45, 2.75) is 24.5 Å². The standard InChI is InChI=1S/C22H21ClN2O4S.C2HF3O2/c1-2-25(15-16-8-4-3-5-9-16)20-13-12-17(14-18(20)22(26)27)24-30(28,29)21-11-7-6-10-19(21)23;3-2(4,5)1(6)7/h3-14,24H,2,15H2,1H3,(H,26,27);(H,6,7). The molecule has 0 heterocycles. The number of hydrogen-bond donors (Lipinski definition) is 3. The average Bonchev–Trinajstić information content (AvgIpc) is 2.83. The highest BCUT2D eigenvalue weighted by Gasteiger charge is 2.38. The van der Waals surface area contributed by atoms with Crippen molar-refractivity contribution < 1.29 is 41.4 Å².